The van der Waals surface area contributed by atoms with Gasteiger partial charge in [0, 0.05) is 12.6 Å². The maximum Gasteiger partial charge on any atom is 0.0808 e. The van der Waals surface area contributed by atoms with E-state index in [1.54, 1.807) is 0 Å². The molecule has 2 fully saturated rings. The summed E-state index contributed by atoms with van der Waals surface area (Å²) in [6.07, 6.45) is 8.21. The third-order valence-electron chi connectivity index (χ3n) is 5.01. The van der Waals surface area contributed by atoms with E-state index in [4.69, 9.17) is 9.47 Å². The lowest BCUT2D eigenvalue weighted by atomic mass is 9.78. The number of likely N-dealkylation sites (N-methyl/N-ethyl adjacent to an activating group) is 1. The van der Waals surface area contributed by atoms with Gasteiger partial charge in [0.1, 0.15) is 0 Å². The lowest BCUT2D eigenvalue weighted by Gasteiger charge is -2.39. The first kappa shape index (κ1) is 16.3. The van der Waals surface area contributed by atoms with Gasteiger partial charge in [-0.05, 0) is 56.9 Å². The summed E-state index contributed by atoms with van der Waals surface area (Å²) >= 11 is 0. The summed E-state index contributed by atoms with van der Waals surface area (Å²) in [7, 11) is 0. The van der Waals surface area contributed by atoms with Crippen LogP contribution >= 0.6 is 0 Å². The quantitative estimate of drug-likeness (QED) is 0.810. The van der Waals surface area contributed by atoms with E-state index in [0.717, 1.165) is 31.6 Å². The first-order valence-corrected chi connectivity index (χ1v) is 8.67. The van der Waals surface area contributed by atoms with Crippen molar-refractivity contribution in [2.45, 2.75) is 77.5 Å². The maximum absolute atomic E-state index is 6.28. The highest BCUT2D eigenvalue weighted by Gasteiger charge is 2.32. The number of nitrogens with one attached hydrogen (secondary N) is 1. The van der Waals surface area contributed by atoms with Crippen molar-refractivity contribution in [2.75, 3.05) is 19.8 Å². The second-order valence-corrected chi connectivity index (χ2v) is 6.84. The van der Waals surface area contributed by atoms with Crippen LogP contribution in [0.4, 0.5) is 0 Å². The van der Waals surface area contributed by atoms with Crippen LogP contribution in [0.2, 0.25) is 0 Å². The van der Waals surface area contributed by atoms with Crippen LogP contribution in [0.3, 0.4) is 0 Å². The van der Waals surface area contributed by atoms with Crippen LogP contribution in [0.15, 0.2) is 0 Å². The van der Waals surface area contributed by atoms with E-state index in [9.17, 15) is 0 Å². The molecule has 1 aliphatic heterocycles. The fourth-order valence-electron chi connectivity index (χ4n) is 3.62. The summed E-state index contributed by atoms with van der Waals surface area (Å²) in [6, 6.07) is 0.540. The van der Waals surface area contributed by atoms with E-state index < -0.39 is 0 Å². The molecule has 0 radical (unpaired) electrons. The minimum absolute atomic E-state index is 0.338. The Bertz CT molecular complexity index is 264. The first-order chi connectivity index (χ1) is 9.70. The van der Waals surface area contributed by atoms with E-state index in [2.05, 4.69) is 26.1 Å². The molecule has 4 atom stereocenters. The molecule has 0 aromatic heterocycles. The fourth-order valence-corrected chi connectivity index (χ4v) is 3.62. The summed E-state index contributed by atoms with van der Waals surface area (Å²) in [5, 5.41) is 3.62. The zero-order chi connectivity index (χ0) is 14.4. The highest BCUT2D eigenvalue weighted by atomic mass is 16.5. The van der Waals surface area contributed by atoms with Gasteiger partial charge in [-0.25, -0.2) is 0 Å². The predicted molar refractivity (Wildman–Crippen MR) is 83.0 cm³/mol. The van der Waals surface area contributed by atoms with Crippen molar-refractivity contribution in [1.82, 2.24) is 5.32 Å². The Hall–Kier alpha value is -0.120. The van der Waals surface area contributed by atoms with Crippen LogP contribution in [0.5, 0.6) is 0 Å². The van der Waals surface area contributed by atoms with E-state index in [0.29, 0.717) is 18.2 Å². The van der Waals surface area contributed by atoms with Gasteiger partial charge in [0.05, 0.1) is 18.8 Å². The molecule has 1 N–H and O–H groups in total. The zero-order valence-electron chi connectivity index (χ0n) is 13.6. The van der Waals surface area contributed by atoms with Crippen molar-refractivity contribution in [3.05, 3.63) is 0 Å². The van der Waals surface area contributed by atoms with Gasteiger partial charge >= 0.3 is 0 Å². The Labute approximate surface area is 124 Å². The molecule has 2 aliphatic rings. The molecule has 4 unspecified atom stereocenters. The van der Waals surface area contributed by atoms with Crippen molar-refractivity contribution >= 4 is 0 Å². The van der Waals surface area contributed by atoms with Crippen LogP contribution in [0.1, 0.15) is 59.3 Å². The highest BCUT2D eigenvalue weighted by Crippen LogP contribution is 2.32. The van der Waals surface area contributed by atoms with Crippen LogP contribution in [0, 0.1) is 11.8 Å². The summed E-state index contributed by atoms with van der Waals surface area (Å²) in [5.74, 6) is 1.59. The maximum atomic E-state index is 6.28. The number of hydrogen-bond acceptors (Lipinski definition) is 3. The van der Waals surface area contributed by atoms with Gasteiger partial charge in [0.25, 0.3) is 0 Å². The molecule has 1 saturated heterocycles. The summed E-state index contributed by atoms with van der Waals surface area (Å²) in [6.45, 7) is 9.63. The van der Waals surface area contributed by atoms with Crippen molar-refractivity contribution < 1.29 is 9.47 Å². The van der Waals surface area contributed by atoms with E-state index in [1.165, 1.54) is 38.5 Å². The molecule has 3 heteroatoms. The second kappa shape index (κ2) is 8.35. The molecular formula is C17H33NO2. The lowest BCUT2D eigenvalue weighted by Crippen LogP contribution is -2.47. The van der Waals surface area contributed by atoms with Crippen molar-refractivity contribution in [2.24, 2.45) is 11.8 Å². The SMILES string of the molecule is CCNC1CCC(C(C)C)CC1OCC1CCCCO1. The van der Waals surface area contributed by atoms with Crippen LogP contribution in [-0.2, 0) is 9.47 Å². The summed E-state index contributed by atoms with van der Waals surface area (Å²) < 4.78 is 12.1. The van der Waals surface area contributed by atoms with Gasteiger partial charge in [-0.1, -0.05) is 20.8 Å². The van der Waals surface area contributed by atoms with Gasteiger partial charge < -0.3 is 14.8 Å². The molecule has 0 spiro atoms. The minimum Gasteiger partial charge on any atom is -0.376 e. The van der Waals surface area contributed by atoms with Gasteiger partial charge in [0.15, 0.2) is 0 Å². The predicted octanol–water partition coefficient (Wildman–Crippen LogP) is 3.37. The largest absolute Gasteiger partial charge is 0.376 e. The third kappa shape index (κ3) is 4.71. The molecule has 0 amide bonds. The fraction of sp³-hybridized carbons (Fsp3) is 1.00. The zero-order valence-corrected chi connectivity index (χ0v) is 13.6. The standard InChI is InChI=1S/C17H33NO2/c1-4-18-16-9-8-14(13(2)3)11-17(16)20-12-15-7-5-6-10-19-15/h13-18H,4-12H2,1-3H3. The molecule has 2 rings (SSSR count). The van der Waals surface area contributed by atoms with Crippen molar-refractivity contribution in [3.8, 4) is 0 Å². The molecule has 0 bridgehead atoms. The van der Waals surface area contributed by atoms with E-state index in [-0.39, 0.29) is 0 Å². The molecule has 0 aromatic rings. The van der Waals surface area contributed by atoms with Crippen LogP contribution in [0.25, 0.3) is 0 Å². The normalized spacial score (nSPS) is 35.4. The third-order valence-corrected chi connectivity index (χ3v) is 5.01. The highest BCUT2D eigenvalue weighted by molar-refractivity contribution is 4.87. The van der Waals surface area contributed by atoms with Crippen LogP contribution < -0.4 is 5.32 Å². The average molecular weight is 283 g/mol. The Balaban J connectivity index is 1.82. The topological polar surface area (TPSA) is 30.5 Å². The average Bonchev–Trinajstić information content (AvgIpc) is 2.47. The molecule has 0 aromatic carbocycles. The van der Waals surface area contributed by atoms with Crippen molar-refractivity contribution in [1.29, 1.82) is 0 Å². The molecule has 1 heterocycles. The Morgan fingerprint density at radius 1 is 1.20 bits per heavy atom. The summed E-state index contributed by atoms with van der Waals surface area (Å²) in [5.41, 5.74) is 0. The first-order valence-electron chi connectivity index (χ1n) is 8.67. The molecule has 1 saturated carbocycles. The van der Waals surface area contributed by atoms with Gasteiger partial charge in [0.2, 0.25) is 0 Å². The lowest BCUT2D eigenvalue weighted by molar-refractivity contribution is -0.0851. The molecule has 20 heavy (non-hydrogen) atoms. The number of ether oxygens (including phenoxy) is 2. The van der Waals surface area contributed by atoms with Crippen molar-refractivity contribution in [3.63, 3.8) is 0 Å². The Morgan fingerprint density at radius 2 is 2.05 bits per heavy atom. The number of hydrogen-bond donors (Lipinski definition) is 1. The van der Waals surface area contributed by atoms with Gasteiger partial charge in [-0.2, -0.15) is 0 Å². The smallest absolute Gasteiger partial charge is 0.0808 e. The Morgan fingerprint density at radius 3 is 2.70 bits per heavy atom. The van der Waals surface area contributed by atoms with E-state index in [1.807, 2.05) is 0 Å². The second-order valence-electron chi connectivity index (χ2n) is 6.84. The van der Waals surface area contributed by atoms with Gasteiger partial charge in [-0.15, -0.1) is 0 Å². The minimum atomic E-state index is 0.338. The van der Waals surface area contributed by atoms with E-state index >= 15 is 0 Å². The molecule has 1 aliphatic carbocycles. The molecular weight excluding hydrogens is 250 g/mol. The van der Waals surface area contributed by atoms with Gasteiger partial charge in [-0.3, -0.25) is 0 Å². The number of rotatable bonds is 6. The van der Waals surface area contributed by atoms with Crippen LogP contribution in [-0.4, -0.2) is 38.0 Å². The molecule has 118 valence electrons. The monoisotopic (exact) mass is 283 g/mol. The summed E-state index contributed by atoms with van der Waals surface area (Å²) in [4.78, 5) is 0. The Kier molecular flexibility index (Phi) is 6.79. The molecule has 3 nitrogen and oxygen atoms in total.